The molecular formula is C26H32N4O4. The molecule has 1 N–H and O–H groups in total. The summed E-state index contributed by atoms with van der Waals surface area (Å²) in [5.41, 5.74) is 1.43. The standard InChI is InChI=1S/C26H32N4O4/c1-2-34-23-11-7-6-10-22(23)26(33)29-16-14-28(15-17-29)13-12-27-25(32)20-18-24(31)30(19-20)21-8-4-3-5-9-21/h3-11,20H,2,12-19H2,1H3,(H,27,32). The maximum atomic E-state index is 12.9. The van der Waals surface area contributed by atoms with E-state index in [2.05, 4.69) is 10.2 Å². The Morgan fingerprint density at radius 3 is 2.44 bits per heavy atom. The predicted molar refractivity (Wildman–Crippen MR) is 130 cm³/mol. The van der Waals surface area contributed by atoms with Crippen LogP contribution in [0.4, 0.5) is 5.69 Å². The van der Waals surface area contributed by atoms with Crippen LogP contribution in [0.5, 0.6) is 5.75 Å². The summed E-state index contributed by atoms with van der Waals surface area (Å²) in [4.78, 5) is 43.7. The molecule has 2 saturated heterocycles. The first-order valence-electron chi connectivity index (χ1n) is 11.9. The zero-order valence-electron chi connectivity index (χ0n) is 19.6. The number of para-hydroxylation sites is 2. The number of piperazine rings is 1. The van der Waals surface area contributed by atoms with Gasteiger partial charge in [-0.15, -0.1) is 0 Å². The summed E-state index contributed by atoms with van der Waals surface area (Å²) in [5, 5.41) is 2.99. The van der Waals surface area contributed by atoms with Gasteiger partial charge in [0.25, 0.3) is 5.91 Å². The van der Waals surface area contributed by atoms with Gasteiger partial charge in [0.2, 0.25) is 11.8 Å². The highest BCUT2D eigenvalue weighted by molar-refractivity contribution is 6.00. The van der Waals surface area contributed by atoms with Crippen molar-refractivity contribution in [1.82, 2.24) is 15.1 Å². The number of anilines is 1. The van der Waals surface area contributed by atoms with Crippen molar-refractivity contribution in [2.45, 2.75) is 13.3 Å². The third kappa shape index (κ3) is 5.56. The minimum Gasteiger partial charge on any atom is -0.493 e. The van der Waals surface area contributed by atoms with Crippen LogP contribution in [0, 0.1) is 5.92 Å². The molecule has 2 aliphatic rings. The molecule has 0 radical (unpaired) electrons. The third-order valence-electron chi connectivity index (χ3n) is 6.37. The molecule has 34 heavy (non-hydrogen) atoms. The molecule has 0 aromatic heterocycles. The second kappa shape index (κ2) is 11.2. The molecule has 1 unspecified atom stereocenters. The molecule has 0 aliphatic carbocycles. The lowest BCUT2D eigenvalue weighted by atomic mass is 10.1. The summed E-state index contributed by atoms with van der Waals surface area (Å²) >= 11 is 0. The first-order chi connectivity index (χ1) is 16.6. The van der Waals surface area contributed by atoms with E-state index in [1.165, 1.54) is 0 Å². The summed E-state index contributed by atoms with van der Waals surface area (Å²) in [6.07, 6.45) is 0.241. The maximum Gasteiger partial charge on any atom is 0.257 e. The van der Waals surface area contributed by atoms with Gasteiger partial charge in [0.1, 0.15) is 5.75 Å². The van der Waals surface area contributed by atoms with Crippen LogP contribution in [0.15, 0.2) is 54.6 Å². The summed E-state index contributed by atoms with van der Waals surface area (Å²) in [5.74, 6) is 0.195. The Balaban J connectivity index is 1.20. The molecule has 4 rings (SSSR count). The Morgan fingerprint density at radius 2 is 1.71 bits per heavy atom. The van der Waals surface area contributed by atoms with Crippen molar-refractivity contribution in [3.05, 3.63) is 60.2 Å². The van der Waals surface area contributed by atoms with Crippen LogP contribution in [0.1, 0.15) is 23.7 Å². The Labute approximate surface area is 200 Å². The van der Waals surface area contributed by atoms with Gasteiger partial charge < -0.3 is 19.9 Å². The van der Waals surface area contributed by atoms with Crippen LogP contribution in [0.2, 0.25) is 0 Å². The van der Waals surface area contributed by atoms with Crippen molar-refractivity contribution in [2.24, 2.45) is 5.92 Å². The average molecular weight is 465 g/mol. The van der Waals surface area contributed by atoms with Crippen LogP contribution < -0.4 is 15.0 Å². The van der Waals surface area contributed by atoms with Gasteiger partial charge in [0, 0.05) is 57.9 Å². The highest BCUT2D eigenvalue weighted by Gasteiger charge is 2.35. The number of benzene rings is 2. The van der Waals surface area contributed by atoms with E-state index in [0.717, 1.165) is 18.8 Å². The minimum atomic E-state index is -0.326. The Morgan fingerprint density at radius 1 is 1.00 bits per heavy atom. The first-order valence-corrected chi connectivity index (χ1v) is 11.9. The fourth-order valence-corrected chi connectivity index (χ4v) is 4.49. The second-order valence-electron chi connectivity index (χ2n) is 8.59. The zero-order valence-corrected chi connectivity index (χ0v) is 19.6. The number of carbonyl (C=O) groups excluding carboxylic acids is 3. The van der Waals surface area contributed by atoms with E-state index in [-0.39, 0.29) is 30.1 Å². The van der Waals surface area contributed by atoms with Crippen LogP contribution in [0.25, 0.3) is 0 Å². The number of rotatable bonds is 8. The number of ether oxygens (including phenoxy) is 1. The second-order valence-corrected chi connectivity index (χ2v) is 8.59. The molecule has 0 spiro atoms. The Bertz CT molecular complexity index is 1000. The van der Waals surface area contributed by atoms with E-state index in [1.54, 1.807) is 4.90 Å². The fraction of sp³-hybridized carbons (Fsp3) is 0.423. The number of carbonyl (C=O) groups is 3. The summed E-state index contributed by atoms with van der Waals surface area (Å²) < 4.78 is 5.60. The van der Waals surface area contributed by atoms with Crippen molar-refractivity contribution in [3.8, 4) is 5.75 Å². The normalized spacial score (nSPS) is 18.7. The van der Waals surface area contributed by atoms with Crippen LogP contribution in [-0.2, 0) is 9.59 Å². The average Bonchev–Trinajstić information content (AvgIpc) is 3.27. The van der Waals surface area contributed by atoms with E-state index in [4.69, 9.17) is 4.74 Å². The highest BCUT2D eigenvalue weighted by atomic mass is 16.5. The van der Waals surface area contributed by atoms with Gasteiger partial charge in [0.05, 0.1) is 18.1 Å². The van der Waals surface area contributed by atoms with Gasteiger partial charge in [-0.25, -0.2) is 0 Å². The van der Waals surface area contributed by atoms with Crippen molar-refractivity contribution >= 4 is 23.4 Å². The highest BCUT2D eigenvalue weighted by Crippen LogP contribution is 2.25. The molecule has 8 heteroatoms. The number of amides is 3. The van der Waals surface area contributed by atoms with E-state index in [1.807, 2.05) is 66.4 Å². The molecule has 2 fully saturated rings. The molecule has 2 aromatic rings. The molecule has 2 heterocycles. The lowest BCUT2D eigenvalue weighted by molar-refractivity contribution is -0.126. The van der Waals surface area contributed by atoms with Crippen LogP contribution >= 0.6 is 0 Å². The maximum absolute atomic E-state index is 12.9. The number of nitrogens with one attached hydrogen (secondary N) is 1. The third-order valence-corrected chi connectivity index (χ3v) is 6.37. The lowest BCUT2D eigenvalue weighted by Crippen LogP contribution is -2.50. The van der Waals surface area contributed by atoms with Crippen molar-refractivity contribution in [2.75, 3.05) is 57.3 Å². The van der Waals surface area contributed by atoms with Gasteiger partial charge in [-0.05, 0) is 31.2 Å². The molecule has 180 valence electrons. The summed E-state index contributed by atoms with van der Waals surface area (Å²) in [6.45, 7) is 6.85. The van der Waals surface area contributed by atoms with Crippen molar-refractivity contribution in [3.63, 3.8) is 0 Å². The Kier molecular flexibility index (Phi) is 7.80. The van der Waals surface area contributed by atoms with Crippen LogP contribution in [0.3, 0.4) is 0 Å². The molecule has 8 nitrogen and oxygen atoms in total. The van der Waals surface area contributed by atoms with Gasteiger partial charge in [-0.1, -0.05) is 30.3 Å². The Hall–Kier alpha value is -3.39. The lowest BCUT2D eigenvalue weighted by Gasteiger charge is -2.35. The molecule has 0 saturated carbocycles. The van der Waals surface area contributed by atoms with Gasteiger partial charge >= 0.3 is 0 Å². The van der Waals surface area contributed by atoms with E-state index < -0.39 is 0 Å². The SMILES string of the molecule is CCOc1ccccc1C(=O)N1CCN(CCNC(=O)C2CC(=O)N(c3ccccc3)C2)CC1. The monoisotopic (exact) mass is 464 g/mol. The smallest absolute Gasteiger partial charge is 0.257 e. The van der Waals surface area contributed by atoms with Gasteiger partial charge in [-0.3, -0.25) is 19.3 Å². The topological polar surface area (TPSA) is 82.2 Å². The van der Waals surface area contributed by atoms with Gasteiger partial charge in [-0.2, -0.15) is 0 Å². The molecule has 2 aliphatic heterocycles. The number of hydrogen-bond donors (Lipinski definition) is 1. The minimum absolute atomic E-state index is 0.00845. The first kappa shape index (κ1) is 23.8. The fourth-order valence-electron chi connectivity index (χ4n) is 4.49. The summed E-state index contributed by atoms with van der Waals surface area (Å²) in [7, 11) is 0. The van der Waals surface area contributed by atoms with E-state index in [9.17, 15) is 14.4 Å². The largest absolute Gasteiger partial charge is 0.493 e. The molecule has 3 amide bonds. The van der Waals surface area contributed by atoms with Crippen molar-refractivity contribution < 1.29 is 19.1 Å². The van der Waals surface area contributed by atoms with Gasteiger partial charge in [0.15, 0.2) is 0 Å². The molecule has 0 bridgehead atoms. The van der Waals surface area contributed by atoms with E-state index in [0.29, 0.717) is 50.6 Å². The molecular weight excluding hydrogens is 432 g/mol. The number of hydrogen-bond acceptors (Lipinski definition) is 5. The quantitative estimate of drug-likeness (QED) is 0.646. The zero-order chi connectivity index (χ0) is 23.9. The van der Waals surface area contributed by atoms with Crippen molar-refractivity contribution in [1.29, 1.82) is 0 Å². The summed E-state index contributed by atoms with van der Waals surface area (Å²) in [6, 6.07) is 16.8. The number of nitrogens with zero attached hydrogens (tertiary/aromatic N) is 3. The predicted octanol–water partition coefficient (Wildman–Crippen LogP) is 2.01. The van der Waals surface area contributed by atoms with E-state index >= 15 is 0 Å². The molecule has 2 aromatic carbocycles. The van der Waals surface area contributed by atoms with Crippen LogP contribution in [-0.4, -0.2) is 79.9 Å². The molecule has 1 atom stereocenters.